The van der Waals surface area contributed by atoms with Crippen LogP contribution in [-0.4, -0.2) is 17.7 Å². The Hall–Kier alpha value is -2.36. The highest BCUT2D eigenvalue weighted by molar-refractivity contribution is 5.96. The Morgan fingerprint density at radius 1 is 1.26 bits per heavy atom. The van der Waals surface area contributed by atoms with Gasteiger partial charge in [-0.2, -0.15) is 0 Å². The zero-order valence-electron chi connectivity index (χ0n) is 10.4. The molecule has 2 rings (SSSR count). The molecule has 1 N–H and O–H groups in total. The highest BCUT2D eigenvalue weighted by Crippen LogP contribution is 2.28. The molecule has 19 heavy (non-hydrogen) atoms. The van der Waals surface area contributed by atoms with Crippen molar-refractivity contribution in [3.05, 3.63) is 53.8 Å². The van der Waals surface area contributed by atoms with Crippen LogP contribution in [-0.2, 0) is 0 Å². The molecular formula is C15H13FO3. The monoisotopic (exact) mass is 260 g/mol. The molecule has 0 aliphatic carbocycles. The summed E-state index contributed by atoms with van der Waals surface area (Å²) < 4.78 is 19.0. The van der Waals surface area contributed by atoms with Crippen LogP contribution in [0, 0.1) is 5.82 Å². The van der Waals surface area contributed by atoms with E-state index in [1.54, 1.807) is 30.3 Å². The first kappa shape index (κ1) is 13.1. The summed E-state index contributed by atoms with van der Waals surface area (Å²) in [5.74, 6) is -1.40. The zero-order chi connectivity index (χ0) is 13.8. The SMILES string of the molecule is CCOc1cccc(-c2cccc(F)c2C(=O)O)c1. The fourth-order valence-electron chi connectivity index (χ4n) is 1.90. The molecule has 0 atom stereocenters. The molecule has 0 saturated carbocycles. The summed E-state index contributed by atoms with van der Waals surface area (Å²) in [5, 5.41) is 9.11. The molecule has 0 bridgehead atoms. The van der Waals surface area contributed by atoms with Crippen LogP contribution in [0.25, 0.3) is 11.1 Å². The summed E-state index contributed by atoms with van der Waals surface area (Å²) in [6.45, 7) is 2.37. The number of carbonyl (C=O) groups is 1. The van der Waals surface area contributed by atoms with Crippen molar-refractivity contribution >= 4 is 5.97 Å². The molecule has 0 aromatic heterocycles. The third-order valence-electron chi connectivity index (χ3n) is 2.68. The maximum Gasteiger partial charge on any atom is 0.339 e. The normalized spacial score (nSPS) is 10.2. The van der Waals surface area contributed by atoms with Crippen molar-refractivity contribution in [2.75, 3.05) is 6.61 Å². The number of benzene rings is 2. The minimum absolute atomic E-state index is 0.323. The van der Waals surface area contributed by atoms with Crippen LogP contribution in [0.5, 0.6) is 5.75 Å². The predicted molar refractivity (Wildman–Crippen MR) is 70.0 cm³/mol. The van der Waals surface area contributed by atoms with Crippen molar-refractivity contribution in [3.63, 3.8) is 0 Å². The fourth-order valence-corrected chi connectivity index (χ4v) is 1.90. The van der Waals surface area contributed by atoms with E-state index in [-0.39, 0.29) is 5.56 Å². The number of aromatic carboxylic acids is 1. The van der Waals surface area contributed by atoms with Crippen LogP contribution in [0.2, 0.25) is 0 Å². The van der Waals surface area contributed by atoms with Gasteiger partial charge < -0.3 is 9.84 Å². The molecule has 0 fully saturated rings. The van der Waals surface area contributed by atoms with Gasteiger partial charge in [0.2, 0.25) is 0 Å². The van der Waals surface area contributed by atoms with Crippen molar-refractivity contribution in [1.82, 2.24) is 0 Å². The molecule has 0 unspecified atom stereocenters. The molecule has 2 aromatic rings. The standard InChI is InChI=1S/C15H13FO3/c1-2-19-11-6-3-5-10(9-11)12-7-4-8-13(16)14(12)15(17)18/h3-9H,2H2,1H3,(H,17,18). The maximum atomic E-state index is 13.6. The molecule has 0 heterocycles. The van der Waals surface area contributed by atoms with Gasteiger partial charge in [0, 0.05) is 0 Å². The summed E-state index contributed by atoms with van der Waals surface area (Å²) in [7, 11) is 0. The van der Waals surface area contributed by atoms with E-state index in [0.29, 0.717) is 23.5 Å². The molecule has 0 radical (unpaired) electrons. The largest absolute Gasteiger partial charge is 0.494 e. The number of hydrogen-bond acceptors (Lipinski definition) is 2. The molecular weight excluding hydrogens is 247 g/mol. The van der Waals surface area contributed by atoms with Gasteiger partial charge in [-0.25, -0.2) is 9.18 Å². The highest BCUT2D eigenvalue weighted by Gasteiger charge is 2.16. The van der Waals surface area contributed by atoms with Crippen LogP contribution < -0.4 is 4.74 Å². The molecule has 0 aliphatic heterocycles. The van der Waals surface area contributed by atoms with Crippen LogP contribution in [0.4, 0.5) is 4.39 Å². The van der Waals surface area contributed by atoms with Gasteiger partial charge in [-0.3, -0.25) is 0 Å². The second-order valence-electron chi connectivity index (χ2n) is 3.93. The van der Waals surface area contributed by atoms with Gasteiger partial charge in [0.15, 0.2) is 0 Å². The van der Waals surface area contributed by atoms with Gasteiger partial charge in [-0.15, -0.1) is 0 Å². The summed E-state index contributed by atoms with van der Waals surface area (Å²) in [5.41, 5.74) is 0.632. The minimum atomic E-state index is -1.28. The minimum Gasteiger partial charge on any atom is -0.494 e. The van der Waals surface area contributed by atoms with Crippen molar-refractivity contribution in [2.24, 2.45) is 0 Å². The average molecular weight is 260 g/mol. The lowest BCUT2D eigenvalue weighted by Gasteiger charge is -2.09. The van der Waals surface area contributed by atoms with Gasteiger partial charge in [-0.05, 0) is 36.2 Å². The first-order valence-electron chi connectivity index (χ1n) is 5.88. The van der Waals surface area contributed by atoms with Crippen molar-refractivity contribution in [2.45, 2.75) is 6.92 Å². The summed E-state index contributed by atoms with van der Waals surface area (Å²) in [6, 6.07) is 11.2. The highest BCUT2D eigenvalue weighted by atomic mass is 19.1. The molecule has 0 aliphatic rings. The number of hydrogen-bond donors (Lipinski definition) is 1. The Labute approximate surface area is 110 Å². The van der Waals surface area contributed by atoms with E-state index in [0.717, 1.165) is 6.07 Å². The van der Waals surface area contributed by atoms with E-state index in [9.17, 15) is 9.18 Å². The Kier molecular flexibility index (Phi) is 3.80. The lowest BCUT2D eigenvalue weighted by atomic mass is 9.99. The molecule has 98 valence electrons. The topological polar surface area (TPSA) is 46.5 Å². The maximum absolute atomic E-state index is 13.6. The van der Waals surface area contributed by atoms with E-state index >= 15 is 0 Å². The zero-order valence-corrected chi connectivity index (χ0v) is 10.4. The van der Waals surface area contributed by atoms with Gasteiger partial charge in [-0.1, -0.05) is 24.3 Å². The Morgan fingerprint density at radius 2 is 2.00 bits per heavy atom. The number of carboxylic acid groups (broad SMARTS) is 1. The summed E-state index contributed by atoms with van der Waals surface area (Å²) in [4.78, 5) is 11.2. The van der Waals surface area contributed by atoms with E-state index in [1.165, 1.54) is 6.07 Å². The first-order valence-corrected chi connectivity index (χ1v) is 5.88. The third-order valence-corrected chi connectivity index (χ3v) is 2.68. The molecule has 0 saturated heterocycles. The average Bonchev–Trinajstić information content (AvgIpc) is 2.38. The third kappa shape index (κ3) is 2.73. The smallest absolute Gasteiger partial charge is 0.339 e. The van der Waals surface area contributed by atoms with Crippen LogP contribution in [0.1, 0.15) is 17.3 Å². The van der Waals surface area contributed by atoms with Gasteiger partial charge in [0.25, 0.3) is 0 Å². The van der Waals surface area contributed by atoms with Crippen molar-refractivity contribution in [1.29, 1.82) is 0 Å². The Bertz CT molecular complexity index is 608. The Morgan fingerprint density at radius 3 is 2.68 bits per heavy atom. The second-order valence-corrected chi connectivity index (χ2v) is 3.93. The van der Waals surface area contributed by atoms with Crippen molar-refractivity contribution < 1.29 is 19.0 Å². The quantitative estimate of drug-likeness (QED) is 0.913. The van der Waals surface area contributed by atoms with E-state index < -0.39 is 11.8 Å². The molecule has 2 aromatic carbocycles. The molecule has 4 heteroatoms. The van der Waals surface area contributed by atoms with E-state index in [4.69, 9.17) is 9.84 Å². The summed E-state index contributed by atoms with van der Waals surface area (Å²) >= 11 is 0. The van der Waals surface area contributed by atoms with Crippen LogP contribution in [0.15, 0.2) is 42.5 Å². The lowest BCUT2D eigenvalue weighted by molar-refractivity contribution is 0.0693. The summed E-state index contributed by atoms with van der Waals surface area (Å²) in [6.07, 6.45) is 0. The Balaban J connectivity index is 2.55. The van der Waals surface area contributed by atoms with Gasteiger partial charge >= 0.3 is 5.97 Å². The van der Waals surface area contributed by atoms with E-state index in [1.807, 2.05) is 6.92 Å². The fraction of sp³-hybridized carbons (Fsp3) is 0.133. The first-order chi connectivity index (χ1) is 9.13. The molecule has 0 spiro atoms. The molecule has 3 nitrogen and oxygen atoms in total. The molecule has 0 amide bonds. The number of rotatable bonds is 4. The number of ether oxygens (including phenoxy) is 1. The van der Waals surface area contributed by atoms with Crippen molar-refractivity contribution in [3.8, 4) is 16.9 Å². The number of halogens is 1. The van der Waals surface area contributed by atoms with E-state index in [2.05, 4.69) is 0 Å². The van der Waals surface area contributed by atoms with Gasteiger partial charge in [0.05, 0.1) is 6.61 Å². The van der Waals surface area contributed by atoms with Crippen LogP contribution in [0.3, 0.4) is 0 Å². The second kappa shape index (κ2) is 5.52. The van der Waals surface area contributed by atoms with Gasteiger partial charge in [0.1, 0.15) is 17.1 Å². The van der Waals surface area contributed by atoms with Crippen LogP contribution >= 0.6 is 0 Å². The predicted octanol–water partition coefficient (Wildman–Crippen LogP) is 3.59. The lowest BCUT2D eigenvalue weighted by Crippen LogP contribution is -2.03. The number of carboxylic acids is 1.